The fraction of sp³-hybridized carbons (Fsp3) is 0.500. The van der Waals surface area contributed by atoms with Gasteiger partial charge in [-0.2, -0.15) is 0 Å². The Balaban J connectivity index is 3.29. The van der Waals surface area contributed by atoms with Crippen LogP contribution in [0.5, 0.6) is 0 Å². The van der Waals surface area contributed by atoms with Crippen LogP contribution >= 0.6 is 0 Å². The van der Waals surface area contributed by atoms with E-state index in [9.17, 15) is 4.39 Å². The van der Waals surface area contributed by atoms with E-state index in [0.29, 0.717) is 12.0 Å². The first-order chi connectivity index (χ1) is 8.97. The molecule has 0 radical (unpaired) electrons. The van der Waals surface area contributed by atoms with Crippen molar-refractivity contribution in [3.05, 3.63) is 48.3 Å². The molecule has 0 amide bonds. The van der Waals surface area contributed by atoms with E-state index in [-0.39, 0.29) is 11.9 Å². The Kier molecular flexibility index (Phi) is 5.70. The molecule has 19 heavy (non-hydrogen) atoms. The molecular formula is C16H25FN2. The van der Waals surface area contributed by atoms with Gasteiger partial charge in [-0.15, -0.1) is 6.58 Å². The van der Waals surface area contributed by atoms with Gasteiger partial charge in [-0.25, -0.2) is 4.39 Å². The summed E-state index contributed by atoms with van der Waals surface area (Å²) in [5.74, 6) is -0.241. The standard InChI is InChI=1S/C16H25FN2/c1-5-9-15(19(3)4)16(18,12-6-2)13-10-7-8-11-14(13)17/h6-8,10-11,15H,2,5,9,12,18H2,1,3-4H3. The van der Waals surface area contributed by atoms with E-state index in [1.54, 1.807) is 18.2 Å². The molecule has 0 aromatic heterocycles. The maximum absolute atomic E-state index is 14.1. The molecule has 0 saturated heterocycles. The van der Waals surface area contributed by atoms with Gasteiger partial charge in [0, 0.05) is 11.6 Å². The highest BCUT2D eigenvalue weighted by molar-refractivity contribution is 5.29. The topological polar surface area (TPSA) is 29.3 Å². The number of likely N-dealkylation sites (N-methyl/N-ethyl adjacent to an activating group) is 1. The summed E-state index contributed by atoms with van der Waals surface area (Å²) in [6.45, 7) is 5.90. The van der Waals surface area contributed by atoms with Crippen molar-refractivity contribution in [2.75, 3.05) is 14.1 Å². The molecule has 0 bridgehead atoms. The molecule has 2 nitrogen and oxygen atoms in total. The van der Waals surface area contributed by atoms with Crippen molar-refractivity contribution in [1.82, 2.24) is 4.90 Å². The minimum absolute atomic E-state index is 0.0763. The van der Waals surface area contributed by atoms with Gasteiger partial charge in [0.25, 0.3) is 0 Å². The molecule has 0 aliphatic carbocycles. The Morgan fingerprint density at radius 1 is 1.42 bits per heavy atom. The molecule has 1 rings (SSSR count). The van der Waals surface area contributed by atoms with E-state index >= 15 is 0 Å². The lowest BCUT2D eigenvalue weighted by molar-refractivity contribution is 0.161. The molecular weight excluding hydrogens is 239 g/mol. The van der Waals surface area contributed by atoms with E-state index in [1.165, 1.54) is 6.07 Å². The molecule has 0 fully saturated rings. The van der Waals surface area contributed by atoms with Crippen LogP contribution in [-0.4, -0.2) is 25.0 Å². The third-order valence-corrected chi connectivity index (χ3v) is 3.64. The van der Waals surface area contributed by atoms with E-state index in [0.717, 1.165) is 12.8 Å². The lowest BCUT2D eigenvalue weighted by Gasteiger charge is -2.41. The number of nitrogens with zero attached hydrogens (tertiary/aromatic N) is 1. The fourth-order valence-corrected chi connectivity index (χ4v) is 2.75. The largest absolute Gasteiger partial charge is 0.320 e. The second kappa shape index (κ2) is 6.83. The molecule has 0 aliphatic rings. The van der Waals surface area contributed by atoms with Crippen LogP contribution < -0.4 is 5.73 Å². The number of benzene rings is 1. The van der Waals surface area contributed by atoms with Gasteiger partial charge in [-0.1, -0.05) is 37.6 Å². The molecule has 0 aliphatic heterocycles. The normalized spacial score (nSPS) is 16.1. The Bertz CT molecular complexity index is 417. The maximum atomic E-state index is 14.1. The van der Waals surface area contributed by atoms with Crippen LogP contribution in [-0.2, 0) is 5.54 Å². The molecule has 106 valence electrons. The summed E-state index contributed by atoms with van der Waals surface area (Å²) in [5, 5.41) is 0. The predicted molar refractivity (Wildman–Crippen MR) is 79.5 cm³/mol. The summed E-state index contributed by atoms with van der Waals surface area (Å²) < 4.78 is 14.1. The highest BCUT2D eigenvalue weighted by atomic mass is 19.1. The first-order valence-corrected chi connectivity index (χ1v) is 6.78. The molecule has 1 aromatic carbocycles. The smallest absolute Gasteiger partial charge is 0.128 e. The Labute approximate surface area is 116 Å². The Hall–Kier alpha value is -1.19. The zero-order chi connectivity index (χ0) is 14.5. The van der Waals surface area contributed by atoms with Crippen LogP contribution in [0.3, 0.4) is 0 Å². The van der Waals surface area contributed by atoms with Gasteiger partial charge in [0.15, 0.2) is 0 Å². The van der Waals surface area contributed by atoms with Crippen LogP contribution in [0.15, 0.2) is 36.9 Å². The summed E-state index contributed by atoms with van der Waals surface area (Å²) >= 11 is 0. The summed E-state index contributed by atoms with van der Waals surface area (Å²) in [6, 6.07) is 6.86. The minimum atomic E-state index is -0.743. The Morgan fingerprint density at radius 3 is 2.53 bits per heavy atom. The summed E-state index contributed by atoms with van der Waals surface area (Å²) in [4.78, 5) is 2.08. The van der Waals surface area contributed by atoms with Gasteiger partial charge in [-0.3, -0.25) is 0 Å². The zero-order valence-electron chi connectivity index (χ0n) is 12.2. The van der Waals surface area contributed by atoms with Crippen molar-refractivity contribution >= 4 is 0 Å². The van der Waals surface area contributed by atoms with E-state index in [4.69, 9.17) is 5.73 Å². The van der Waals surface area contributed by atoms with Crippen molar-refractivity contribution < 1.29 is 4.39 Å². The van der Waals surface area contributed by atoms with Gasteiger partial charge >= 0.3 is 0 Å². The first-order valence-electron chi connectivity index (χ1n) is 6.78. The SMILES string of the molecule is C=CCC(N)(c1ccccc1F)C(CCC)N(C)C. The van der Waals surface area contributed by atoms with E-state index in [2.05, 4.69) is 18.4 Å². The van der Waals surface area contributed by atoms with E-state index < -0.39 is 5.54 Å². The molecule has 2 atom stereocenters. The van der Waals surface area contributed by atoms with Crippen LogP contribution in [0.2, 0.25) is 0 Å². The average molecular weight is 264 g/mol. The van der Waals surface area contributed by atoms with Crippen LogP contribution in [0, 0.1) is 5.82 Å². The third-order valence-electron chi connectivity index (χ3n) is 3.64. The van der Waals surface area contributed by atoms with Gasteiger partial charge in [0.05, 0.1) is 5.54 Å². The number of halogens is 1. The van der Waals surface area contributed by atoms with Crippen molar-refractivity contribution in [3.8, 4) is 0 Å². The molecule has 2 N–H and O–H groups in total. The average Bonchev–Trinajstić information content (AvgIpc) is 2.36. The quantitative estimate of drug-likeness (QED) is 0.766. The second-order valence-electron chi connectivity index (χ2n) is 5.28. The number of hydrogen-bond acceptors (Lipinski definition) is 2. The van der Waals surface area contributed by atoms with Crippen molar-refractivity contribution in [1.29, 1.82) is 0 Å². The zero-order valence-corrected chi connectivity index (χ0v) is 12.2. The number of rotatable bonds is 7. The fourth-order valence-electron chi connectivity index (χ4n) is 2.75. The highest BCUT2D eigenvalue weighted by Gasteiger charge is 2.38. The van der Waals surface area contributed by atoms with Gasteiger partial charge < -0.3 is 10.6 Å². The molecule has 1 aromatic rings. The summed E-state index contributed by atoms with van der Waals surface area (Å²) in [5.41, 5.74) is 6.44. The van der Waals surface area contributed by atoms with Gasteiger partial charge in [0.1, 0.15) is 5.82 Å². The molecule has 0 saturated carbocycles. The van der Waals surface area contributed by atoms with Crippen LogP contribution in [0.25, 0.3) is 0 Å². The summed E-state index contributed by atoms with van der Waals surface area (Å²) in [6.07, 6.45) is 4.26. The lowest BCUT2D eigenvalue weighted by atomic mass is 9.78. The lowest BCUT2D eigenvalue weighted by Crippen LogP contribution is -2.54. The molecule has 3 heteroatoms. The van der Waals surface area contributed by atoms with Crippen LogP contribution in [0.4, 0.5) is 4.39 Å². The molecule has 0 spiro atoms. The number of hydrogen-bond donors (Lipinski definition) is 1. The van der Waals surface area contributed by atoms with Crippen LogP contribution in [0.1, 0.15) is 31.7 Å². The Morgan fingerprint density at radius 2 is 2.05 bits per heavy atom. The first kappa shape index (κ1) is 15.9. The molecule has 0 heterocycles. The predicted octanol–water partition coefficient (Wildman–Crippen LogP) is 3.29. The minimum Gasteiger partial charge on any atom is -0.320 e. The number of nitrogens with two attached hydrogens (primary N) is 1. The van der Waals surface area contributed by atoms with Crippen molar-refractivity contribution in [2.24, 2.45) is 5.73 Å². The monoisotopic (exact) mass is 264 g/mol. The maximum Gasteiger partial charge on any atom is 0.128 e. The van der Waals surface area contributed by atoms with Gasteiger partial charge in [-0.05, 0) is 33.0 Å². The molecule has 2 unspecified atom stereocenters. The third kappa shape index (κ3) is 3.43. The summed E-state index contributed by atoms with van der Waals surface area (Å²) in [7, 11) is 3.98. The van der Waals surface area contributed by atoms with Crippen molar-refractivity contribution in [2.45, 2.75) is 37.8 Å². The highest BCUT2D eigenvalue weighted by Crippen LogP contribution is 2.33. The van der Waals surface area contributed by atoms with Gasteiger partial charge in [0.2, 0.25) is 0 Å². The van der Waals surface area contributed by atoms with E-state index in [1.807, 2.05) is 20.2 Å². The second-order valence-corrected chi connectivity index (χ2v) is 5.28. The van der Waals surface area contributed by atoms with Crippen molar-refractivity contribution in [3.63, 3.8) is 0 Å².